The van der Waals surface area contributed by atoms with Crippen LogP contribution in [0, 0.1) is 5.92 Å². The molecule has 36 heavy (non-hydrogen) atoms. The summed E-state index contributed by atoms with van der Waals surface area (Å²) < 4.78 is 5.74. The smallest absolute Gasteiger partial charge is 0.296 e. The predicted molar refractivity (Wildman–Crippen MR) is 137 cm³/mol. The number of fused-ring (bicyclic) bond motifs is 1. The number of nitrogens with zero attached hydrogens (tertiary/aromatic N) is 2. The number of likely N-dealkylation sites (tertiary alicyclic amines) is 1. The zero-order valence-corrected chi connectivity index (χ0v) is 20.1. The Morgan fingerprint density at radius 3 is 2.53 bits per heavy atom. The molecule has 4 aromatic rings. The number of hydrogen-bond donors (Lipinski definition) is 2. The first-order chi connectivity index (χ1) is 17.4. The number of ether oxygens (including phenoxy) is 1. The summed E-state index contributed by atoms with van der Waals surface area (Å²) in [7, 11) is 0. The van der Waals surface area contributed by atoms with Crippen molar-refractivity contribution in [1.29, 1.82) is 0 Å². The second kappa shape index (κ2) is 9.70. The van der Waals surface area contributed by atoms with E-state index in [1.165, 1.54) is 4.90 Å². The lowest BCUT2D eigenvalue weighted by Gasteiger charge is -2.24. The molecule has 7 heteroatoms. The van der Waals surface area contributed by atoms with Gasteiger partial charge in [-0.1, -0.05) is 38.1 Å². The van der Waals surface area contributed by atoms with Crippen molar-refractivity contribution >= 4 is 28.4 Å². The largest absolute Gasteiger partial charge is 0.507 e. The lowest BCUT2D eigenvalue weighted by molar-refractivity contribution is -0.140. The molecule has 1 fully saturated rings. The highest BCUT2D eigenvalue weighted by atomic mass is 16.5. The molecule has 2 aromatic carbocycles. The molecule has 7 nitrogen and oxygen atoms in total. The van der Waals surface area contributed by atoms with E-state index in [9.17, 15) is 14.7 Å². The molecule has 1 atom stereocenters. The minimum Gasteiger partial charge on any atom is -0.507 e. The van der Waals surface area contributed by atoms with E-state index in [1.807, 2.05) is 36.4 Å². The number of rotatable bonds is 7. The summed E-state index contributed by atoms with van der Waals surface area (Å²) in [6.45, 7) is 4.84. The maximum absolute atomic E-state index is 13.3. The van der Waals surface area contributed by atoms with Gasteiger partial charge < -0.3 is 19.7 Å². The number of amides is 1. The number of H-pyrrole nitrogens is 1. The van der Waals surface area contributed by atoms with Crippen molar-refractivity contribution in [3.63, 3.8) is 0 Å². The summed E-state index contributed by atoms with van der Waals surface area (Å²) in [6.07, 6.45) is 3.44. The molecule has 1 amide bonds. The molecule has 1 unspecified atom stereocenters. The van der Waals surface area contributed by atoms with Gasteiger partial charge in [-0.25, -0.2) is 0 Å². The molecule has 3 heterocycles. The molecule has 0 aliphatic carbocycles. The van der Waals surface area contributed by atoms with Gasteiger partial charge in [0, 0.05) is 34.4 Å². The van der Waals surface area contributed by atoms with E-state index in [4.69, 9.17) is 4.74 Å². The van der Waals surface area contributed by atoms with Gasteiger partial charge in [-0.15, -0.1) is 0 Å². The fourth-order valence-corrected chi connectivity index (χ4v) is 4.48. The van der Waals surface area contributed by atoms with Crippen LogP contribution in [0.25, 0.3) is 16.7 Å². The fourth-order valence-electron chi connectivity index (χ4n) is 4.48. The third-order valence-corrected chi connectivity index (χ3v) is 6.23. The van der Waals surface area contributed by atoms with Crippen molar-refractivity contribution in [2.24, 2.45) is 5.92 Å². The number of ketones is 1. The Bertz CT molecular complexity index is 1440. The van der Waals surface area contributed by atoms with Crippen LogP contribution >= 0.6 is 0 Å². The Hall–Kier alpha value is -4.39. The monoisotopic (exact) mass is 481 g/mol. The van der Waals surface area contributed by atoms with Gasteiger partial charge in [-0.05, 0) is 48.4 Å². The topological polar surface area (TPSA) is 95.5 Å². The highest BCUT2D eigenvalue weighted by molar-refractivity contribution is 6.46. The molecule has 182 valence electrons. The van der Waals surface area contributed by atoms with E-state index in [0.29, 0.717) is 29.5 Å². The molecular formula is C29H27N3O4. The summed E-state index contributed by atoms with van der Waals surface area (Å²) in [5.41, 5.74) is 2.75. The Labute approximate surface area is 209 Å². The zero-order chi connectivity index (χ0) is 25.2. The van der Waals surface area contributed by atoms with Crippen molar-refractivity contribution in [3.8, 4) is 5.75 Å². The first kappa shape index (κ1) is 23.4. The number of para-hydroxylation sites is 1. The summed E-state index contributed by atoms with van der Waals surface area (Å²) in [5, 5.41) is 12.2. The number of carbonyl (C=O) groups excluding carboxylic acids is 2. The van der Waals surface area contributed by atoms with Crippen molar-refractivity contribution in [2.45, 2.75) is 26.4 Å². The molecule has 1 aliphatic rings. The van der Waals surface area contributed by atoms with Gasteiger partial charge in [0.1, 0.15) is 11.5 Å². The summed E-state index contributed by atoms with van der Waals surface area (Å²) in [6, 6.07) is 19.2. The van der Waals surface area contributed by atoms with Gasteiger partial charge in [0.05, 0.1) is 30.5 Å². The third-order valence-electron chi connectivity index (χ3n) is 6.23. The maximum Gasteiger partial charge on any atom is 0.296 e. The molecule has 2 N–H and O–H groups in total. The quantitative estimate of drug-likeness (QED) is 0.214. The number of aliphatic hydroxyl groups excluding tert-OH is 1. The van der Waals surface area contributed by atoms with Crippen molar-refractivity contribution in [1.82, 2.24) is 14.9 Å². The second-order valence-electron chi connectivity index (χ2n) is 9.27. The van der Waals surface area contributed by atoms with Crippen LogP contribution in [0.15, 0.2) is 84.7 Å². The maximum atomic E-state index is 13.3. The Morgan fingerprint density at radius 1 is 1.06 bits per heavy atom. The molecule has 0 bridgehead atoms. The van der Waals surface area contributed by atoms with Crippen molar-refractivity contribution < 1.29 is 19.4 Å². The molecular weight excluding hydrogens is 454 g/mol. The second-order valence-corrected chi connectivity index (χ2v) is 9.27. The van der Waals surface area contributed by atoms with Gasteiger partial charge in [0.25, 0.3) is 11.7 Å². The summed E-state index contributed by atoms with van der Waals surface area (Å²) in [5.74, 6) is -0.566. The van der Waals surface area contributed by atoms with Gasteiger partial charge in [0.2, 0.25) is 0 Å². The van der Waals surface area contributed by atoms with E-state index in [0.717, 1.165) is 16.5 Å². The van der Waals surface area contributed by atoms with Crippen molar-refractivity contribution in [3.05, 3.63) is 102 Å². The highest BCUT2D eigenvalue weighted by Gasteiger charge is 2.47. The van der Waals surface area contributed by atoms with Crippen LogP contribution in [-0.4, -0.2) is 38.3 Å². The van der Waals surface area contributed by atoms with Gasteiger partial charge in [0.15, 0.2) is 0 Å². The number of Topliss-reactive ketones (excluding diaryl/α,β-unsaturated/α-hetero) is 1. The number of hydrogen-bond acceptors (Lipinski definition) is 5. The van der Waals surface area contributed by atoms with Crippen LogP contribution in [0.2, 0.25) is 0 Å². The summed E-state index contributed by atoms with van der Waals surface area (Å²) >= 11 is 0. The average molecular weight is 482 g/mol. The van der Waals surface area contributed by atoms with E-state index < -0.39 is 17.7 Å². The van der Waals surface area contributed by atoms with Crippen LogP contribution in [0.3, 0.4) is 0 Å². The number of pyridine rings is 1. The van der Waals surface area contributed by atoms with Crippen LogP contribution in [0.1, 0.15) is 36.7 Å². The number of nitrogens with one attached hydrogen (secondary N) is 1. The van der Waals surface area contributed by atoms with E-state index in [-0.39, 0.29) is 17.9 Å². The standard InChI is InChI=1S/C29H27N3O4/c1-18(2)17-36-21-12-10-19(11-13-21)27(33)25-26(23-15-31-24-9-4-3-8-22(23)24)32(29(35)28(25)34)16-20-7-5-6-14-30-20/h3-15,18,26,31,33H,16-17H2,1-2H3/b27-25+. The Morgan fingerprint density at radius 2 is 1.81 bits per heavy atom. The predicted octanol–water partition coefficient (Wildman–Crippen LogP) is 5.22. The third kappa shape index (κ3) is 4.35. The first-order valence-electron chi connectivity index (χ1n) is 11.9. The SMILES string of the molecule is CC(C)COc1ccc(/C(O)=C2\C(=O)C(=O)N(Cc3ccccn3)C2c2c[nH]c3ccccc23)cc1. The molecule has 2 aromatic heterocycles. The lowest BCUT2D eigenvalue weighted by atomic mass is 9.95. The number of carbonyl (C=O) groups is 2. The molecule has 0 saturated carbocycles. The molecule has 1 aliphatic heterocycles. The Kier molecular flexibility index (Phi) is 6.29. The fraction of sp³-hybridized carbons (Fsp3) is 0.207. The van der Waals surface area contributed by atoms with Gasteiger partial charge in [-0.2, -0.15) is 0 Å². The molecule has 5 rings (SSSR count). The molecule has 0 radical (unpaired) electrons. The van der Waals surface area contributed by atoms with E-state index >= 15 is 0 Å². The first-order valence-corrected chi connectivity index (χ1v) is 11.9. The normalized spacial score (nSPS) is 17.3. The Balaban J connectivity index is 1.60. The minimum atomic E-state index is -0.778. The molecule has 0 spiro atoms. The number of benzene rings is 2. The van der Waals surface area contributed by atoms with Crippen molar-refractivity contribution in [2.75, 3.05) is 6.61 Å². The van der Waals surface area contributed by atoms with E-state index in [2.05, 4.69) is 23.8 Å². The van der Waals surface area contributed by atoms with Gasteiger partial charge >= 0.3 is 0 Å². The van der Waals surface area contributed by atoms with Crippen LogP contribution in [0.4, 0.5) is 0 Å². The average Bonchev–Trinajstić information content (AvgIpc) is 3.42. The van der Waals surface area contributed by atoms with Gasteiger partial charge in [-0.3, -0.25) is 14.6 Å². The summed E-state index contributed by atoms with van der Waals surface area (Å²) in [4.78, 5) is 35.7. The van der Waals surface area contributed by atoms with Crippen LogP contribution < -0.4 is 4.74 Å². The highest BCUT2D eigenvalue weighted by Crippen LogP contribution is 2.42. The number of aliphatic hydroxyl groups is 1. The van der Waals surface area contributed by atoms with Crippen LogP contribution in [0.5, 0.6) is 5.75 Å². The van der Waals surface area contributed by atoms with E-state index in [1.54, 1.807) is 42.7 Å². The number of aromatic amines is 1. The molecule has 1 saturated heterocycles. The van der Waals surface area contributed by atoms with Crippen LogP contribution in [-0.2, 0) is 16.1 Å². The minimum absolute atomic E-state index is 0.0523. The zero-order valence-electron chi connectivity index (χ0n) is 20.1. The lowest BCUT2D eigenvalue weighted by Crippen LogP contribution is -2.29. The number of aromatic nitrogens is 2.